The van der Waals surface area contributed by atoms with Crippen LogP contribution in [0.4, 0.5) is 0 Å². The molecule has 1 aliphatic heterocycles. The van der Waals surface area contributed by atoms with Gasteiger partial charge in [-0.1, -0.05) is 19.9 Å². The molecule has 6 heteroatoms. The molecule has 2 amide bonds. The van der Waals surface area contributed by atoms with Gasteiger partial charge in [-0.2, -0.15) is 0 Å². The molecule has 6 nitrogen and oxygen atoms in total. The Morgan fingerprint density at radius 1 is 1.19 bits per heavy atom. The van der Waals surface area contributed by atoms with Crippen molar-refractivity contribution in [2.75, 3.05) is 33.9 Å². The van der Waals surface area contributed by atoms with Gasteiger partial charge in [0, 0.05) is 43.1 Å². The Labute approximate surface area is 161 Å². The van der Waals surface area contributed by atoms with E-state index in [1.165, 1.54) is 0 Å². The second kappa shape index (κ2) is 8.19. The largest absolute Gasteiger partial charge is 0.497 e. The first kappa shape index (κ1) is 19.5. The van der Waals surface area contributed by atoms with Gasteiger partial charge in [0.05, 0.1) is 20.1 Å². The molecular weight excluding hydrogens is 344 g/mol. The summed E-state index contributed by atoms with van der Waals surface area (Å²) in [6.07, 6.45) is 1.94. The topological polar surface area (TPSA) is 67.9 Å². The number of nitrogens with zero attached hydrogens (tertiary/aromatic N) is 1. The summed E-state index contributed by atoms with van der Waals surface area (Å²) in [5.74, 6) is 1.79. The number of nitrogens with one attached hydrogen (secondary N) is 1. The number of hydrogen-bond donors (Lipinski definition) is 1. The maximum absolute atomic E-state index is 12.9. The van der Waals surface area contributed by atoms with Crippen molar-refractivity contribution in [3.63, 3.8) is 0 Å². The maximum atomic E-state index is 12.9. The fourth-order valence-electron chi connectivity index (χ4n) is 3.71. The van der Waals surface area contributed by atoms with Crippen LogP contribution in [0, 0.1) is 17.8 Å². The van der Waals surface area contributed by atoms with Crippen LogP contribution in [0.2, 0.25) is 0 Å². The van der Waals surface area contributed by atoms with Gasteiger partial charge in [0.25, 0.3) is 0 Å². The molecule has 1 saturated heterocycles. The lowest BCUT2D eigenvalue weighted by atomic mass is 9.87. The van der Waals surface area contributed by atoms with Crippen LogP contribution >= 0.6 is 0 Å². The molecule has 1 heterocycles. The van der Waals surface area contributed by atoms with E-state index in [0.29, 0.717) is 37.1 Å². The van der Waals surface area contributed by atoms with Crippen molar-refractivity contribution in [3.8, 4) is 11.5 Å². The van der Waals surface area contributed by atoms with Gasteiger partial charge < -0.3 is 19.7 Å². The molecule has 1 saturated carbocycles. The molecule has 0 aromatic heterocycles. The third-order valence-electron chi connectivity index (χ3n) is 5.42. The molecule has 3 rings (SSSR count). The lowest BCUT2D eigenvalue weighted by Crippen LogP contribution is -2.37. The minimum Gasteiger partial charge on any atom is -0.497 e. The van der Waals surface area contributed by atoms with E-state index >= 15 is 0 Å². The molecule has 1 aromatic rings. The number of rotatable bonds is 7. The standard InChI is InChI=1S/C21H30N2O4/c1-13(2)10-22-20(24)18-12-23(21(25)14-5-6-14)11-17(18)16-8-7-15(26-3)9-19(16)27-4/h7-9,13-14,17-18H,5-6,10-12H2,1-4H3,(H,22,24)/t17-,18-/m1/s1. The molecule has 27 heavy (non-hydrogen) atoms. The minimum absolute atomic E-state index is 0.0117. The monoisotopic (exact) mass is 374 g/mol. The molecule has 0 spiro atoms. The van der Waals surface area contributed by atoms with E-state index in [1.54, 1.807) is 14.2 Å². The molecule has 2 aliphatic rings. The molecule has 2 atom stereocenters. The molecule has 1 aromatic carbocycles. The van der Waals surface area contributed by atoms with Crippen molar-refractivity contribution in [2.45, 2.75) is 32.6 Å². The van der Waals surface area contributed by atoms with Crippen LogP contribution in [0.5, 0.6) is 11.5 Å². The Morgan fingerprint density at radius 2 is 1.93 bits per heavy atom. The van der Waals surface area contributed by atoms with Crippen molar-refractivity contribution in [1.82, 2.24) is 10.2 Å². The summed E-state index contributed by atoms with van der Waals surface area (Å²) in [4.78, 5) is 27.4. The normalized spacial score (nSPS) is 22.0. The second-order valence-electron chi connectivity index (χ2n) is 7.98. The van der Waals surface area contributed by atoms with E-state index in [9.17, 15) is 9.59 Å². The quantitative estimate of drug-likeness (QED) is 0.796. The van der Waals surface area contributed by atoms with Crippen LogP contribution in [0.1, 0.15) is 38.2 Å². The Kier molecular flexibility index (Phi) is 5.92. The van der Waals surface area contributed by atoms with Gasteiger partial charge in [0.1, 0.15) is 11.5 Å². The van der Waals surface area contributed by atoms with E-state index in [2.05, 4.69) is 19.2 Å². The van der Waals surface area contributed by atoms with Crippen LogP contribution in [-0.4, -0.2) is 50.6 Å². The average molecular weight is 374 g/mol. The van der Waals surface area contributed by atoms with E-state index in [-0.39, 0.29) is 29.6 Å². The van der Waals surface area contributed by atoms with Gasteiger partial charge in [0.15, 0.2) is 0 Å². The SMILES string of the molecule is COc1ccc([C@H]2CN(C(=O)C3CC3)C[C@H]2C(=O)NCC(C)C)c(OC)c1. The van der Waals surface area contributed by atoms with Gasteiger partial charge in [-0.3, -0.25) is 9.59 Å². The first-order chi connectivity index (χ1) is 12.9. The number of methoxy groups -OCH3 is 2. The molecule has 1 N–H and O–H groups in total. The van der Waals surface area contributed by atoms with Crippen molar-refractivity contribution in [3.05, 3.63) is 23.8 Å². The van der Waals surface area contributed by atoms with Gasteiger partial charge in [-0.25, -0.2) is 0 Å². The average Bonchev–Trinajstić information content (AvgIpc) is 3.43. The Balaban J connectivity index is 1.86. The summed E-state index contributed by atoms with van der Waals surface area (Å²) < 4.78 is 10.9. The van der Waals surface area contributed by atoms with Gasteiger partial charge in [0.2, 0.25) is 11.8 Å². The van der Waals surface area contributed by atoms with Crippen molar-refractivity contribution in [2.24, 2.45) is 17.8 Å². The number of carbonyl (C=O) groups is 2. The van der Waals surface area contributed by atoms with Crippen LogP contribution in [0.15, 0.2) is 18.2 Å². The lowest BCUT2D eigenvalue weighted by molar-refractivity contribution is -0.132. The maximum Gasteiger partial charge on any atom is 0.225 e. The summed E-state index contributed by atoms with van der Waals surface area (Å²) in [6, 6.07) is 5.67. The first-order valence-electron chi connectivity index (χ1n) is 9.73. The third-order valence-corrected chi connectivity index (χ3v) is 5.42. The third kappa shape index (κ3) is 4.37. The van der Waals surface area contributed by atoms with Crippen LogP contribution in [0.3, 0.4) is 0 Å². The van der Waals surface area contributed by atoms with Gasteiger partial charge in [-0.05, 0) is 24.8 Å². The predicted molar refractivity (Wildman–Crippen MR) is 103 cm³/mol. The minimum atomic E-state index is -0.270. The fraction of sp³-hybridized carbons (Fsp3) is 0.619. The van der Waals surface area contributed by atoms with E-state index in [0.717, 1.165) is 18.4 Å². The zero-order valence-corrected chi connectivity index (χ0v) is 16.7. The molecule has 0 radical (unpaired) electrons. The number of likely N-dealkylation sites (tertiary alicyclic amines) is 1. The number of amides is 2. The summed E-state index contributed by atoms with van der Waals surface area (Å²) in [5, 5.41) is 3.05. The zero-order valence-electron chi connectivity index (χ0n) is 16.7. The van der Waals surface area contributed by atoms with Crippen LogP contribution < -0.4 is 14.8 Å². The Morgan fingerprint density at radius 3 is 2.52 bits per heavy atom. The van der Waals surface area contributed by atoms with Gasteiger partial charge >= 0.3 is 0 Å². The first-order valence-corrected chi connectivity index (χ1v) is 9.73. The number of benzene rings is 1. The zero-order chi connectivity index (χ0) is 19.6. The number of ether oxygens (including phenoxy) is 2. The second-order valence-corrected chi connectivity index (χ2v) is 7.98. The highest BCUT2D eigenvalue weighted by Crippen LogP contribution is 2.41. The molecule has 2 fully saturated rings. The summed E-state index contributed by atoms with van der Waals surface area (Å²) in [7, 11) is 3.23. The summed E-state index contributed by atoms with van der Waals surface area (Å²) in [5.41, 5.74) is 0.953. The Hall–Kier alpha value is -2.24. The Bertz CT molecular complexity index is 699. The molecular formula is C21H30N2O4. The van der Waals surface area contributed by atoms with Crippen molar-refractivity contribution in [1.29, 1.82) is 0 Å². The van der Waals surface area contributed by atoms with E-state index in [4.69, 9.17) is 9.47 Å². The van der Waals surface area contributed by atoms with Crippen LogP contribution in [-0.2, 0) is 9.59 Å². The number of carbonyl (C=O) groups excluding carboxylic acids is 2. The molecule has 148 valence electrons. The van der Waals surface area contributed by atoms with Crippen molar-refractivity contribution < 1.29 is 19.1 Å². The van der Waals surface area contributed by atoms with Crippen LogP contribution in [0.25, 0.3) is 0 Å². The highest BCUT2D eigenvalue weighted by Gasteiger charge is 2.44. The molecule has 0 bridgehead atoms. The van der Waals surface area contributed by atoms with E-state index < -0.39 is 0 Å². The smallest absolute Gasteiger partial charge is 0.225 e. The summed E-state index contributed by atoms with van der Waals surface area (Å²) >= 11 is 0. The highest BCUT2D eigenvalue weighted by atomic mass is 16.5. The molecule has 1 aliphatic carbocycles. The predicted octanol–water partition coefficient (Wildman–Crippen LogP) is 2.43. The number of hydrogen-bond acceptors (Lipinski definition) is 4. The van der Waals surface area contributed by atoms with Crippen molar-refractivity contribution >= 4 is 11.8 Å². The summed E-state index contributed by atoms with van der Waals surface area (Å²) in [6.45, 7) is 5.80. The van der Waals surface area contributed by atoms with E-state index in [1.807, 2.05) is 23.1 Å². The highest BCUT2D eigenvalue weighted by molar-refractivity contribution is 5.85. The van der Waals surface area contributed by atoms with Gasteiger partial charge in [-0.15, -0.1) is 0 Å². The molecule has 0 unspecified atom stereocenters. The lowest BCUT2D eigenvalue weighted by Gasteiger charge is -2.21. The fourth-order valence-corrected chi connectivity index (χ4v) is 3.71.